The maximum atomic E-state index is 11.4. The van der Waals surface area contributed by atoms with E-state index in [-0.39, 0.29) is 19.0 Å². The van der Waals surface area contributed by atoms with Crippen molar-refractivity contribution in [2.75, 3.05) is 52.4 Å². The molecule has 0 radical (unpaired) electrons. The molecular weight excluding hydrogens is 298 g/mol. The van der Waals surface area contributed by atoms with Crippen LogP contribution in [-0.2, 0) is 29.0 Å². The molecule has 0 rings (SSSR count). The van der Waals surface area contributed by atoms with Crippen molar-refractivity contribution in [1.82, 2.24) is 4.31 Å². The highest BCUT2D eigenvalue weighted by Gasteiger charge is 2.13. The molecular formula is C13H25NO6S. The van der Waals surface area contributed by atoms with E-state index in [4.69, 9.17) is 14.2 Å². The minimum Gasteiger partial charge on any atom is -0.460 e. The van der Waals surface area contributed by atoms with Gasteiger partial charge in [-0.2, -0.15) is 0 Å². The van der Waals surface area contributed by atoms with Crippen molar-refractivity contribution >= 4 is 16.0 Å². The van der Waals surface area contributed by atoms with E-state index in [0.29, 0.717) is 31.9 Å². The van der Waals surface area contributed by atoms with Gasteiger partial charge in [0.05, 0.1) is 32.2 Å². The van der Waals surface area contributed by atoms with Gasteiger partial charge in [-0.3, -0.25) is 0 Å². The van der Waals surface area contributed by atoms with Crippen LogP contribution in [0.2, 0.25) is 0 Å². The minimum absolute atomic E-state index is 0.0789. The van der Waals surface area contributed by atoms with Crippen molar-refractivity contribution < 1.29 is 27.4 Å². The van der Waals surface area contributed by atoms with E-state index in [1.807, 2.05) is 0 Å². The summed E-state index contributed by atoms with van der Waals surface area (Å²) >= 11 is 0. The number of carbonyl (C=O) groups is 1. The number of hydrogen-bond donors (Lipinski definition) is 0. The second-order valence-electron chi connectivity index (χ2n) is 4.36. The molecule has 0 spiro atoms. The Morgan fingerprint density at radius 3 is 2.14 bits per heavy atom. The zero-order valence-electron chi connectivity index (χ0n) is 13.0. The van der Waals surface area contributed by atoms with Gasteiger partial charge in [0.25, 0.3) is 0 Å². The fourth-order valence-electron chi connectivity index (χ4n) is 1.19. The highest BCUT2D eigenvalue weighted by Crippen LogP contribution is 1.96. The second kappa shape index (κ2) is 10.7. The number of nitrogens with zero attached hydrogens (tertiary/aromatic N) is 1. The largest absolute Gasteiger partial charge is 0.460 e. The molecule has 0 aromatic heterocycles. The van der Waals surface area contributed by atoms with Gasteiger partial charge in [0.2, 0.25) is 10.0 Å². The van der Waals surface area contributed by atoms with E-state index in [2.05, 4.69) is 6.58 Å². The van der Waals surface area contributed by atoms with E-state index in [0.717, 1.165) is 0 Å². The van der Waals surface area contributed by atoms with Gasteiger partial charge in [0.15, 0.2) is 0 Å². The molecule has 0 fully saturated rings. The molecule has 8 heteroatoms. The third-order valence-corrected chi connectivity index (χ3v) is 4.43. The van der Waals surface area contributed by atoms with Crippen molar-refractivity contribution in [3.8, 4) is 0 Å². The predicted octanol–water partition coefficient (Wildman–Crippen LogP) is 0.420. The van der Waals surface area contributed by atoms with Crippen molar-refractivity contribution in [2.45, 2.75) is 13.8 Å². The molecule has 0 saturated heterocycles. The first-order valence-electron chi connectivity index (χ1n) is 6.73. The molecule has 0 aromatic rings. The molecule has 124 valence electrons. The molecule has 0 aliphatic carbocycles. The zero-order valence-corrected chi connectivity index (χ0v) is 13.8. The Balaban J connectivity index is 3.46. The van der Waals surface area contributed by atoms with Crippen molar-refractivity contribution in [3.63, 3.8) is 0 Å². The van der Waals surface area contributed by atoms with Crippen LogP contribution < -0.4 is 0 Å². The molecule has 0 bridgehead atoms. The summed E-state index contributed by atoms with van der Waals surface area (Å²) in [6.07, 6.45) is 0. The standard InChI is InChI=1S/C13H25NO6S/c1-5-21(16,17)14(4)6-7-18-8-9-19-10-11-20-13(15)12(2)3/h2,5-11H2,1,3-4H3. The van der Waals surface area contributed by atoms with E-state index in [1.54, 1.807) is 13.8 Å². The van der Waals surface area contributed by atoms with E-state index in [1.165, 1.54) is 11.4 Å². The minimum atomic E-state index is -3.15. The topological polar surface area (TPSA) is 82.1 Å². The zero-order chi connectivity index (χ0) is 16.3. The number of hydrogen-bond acceptors (Lipinski definition) is 6. The summed E-state index contributed by atoms with van der Waals surface area (Å²) in [4.78, 5) is 11.0. The smallest absolute Gasteiger partial charge is 0.333 e. The molecule has 0 saturated carbocycles. The lowest BCUT2D eigenvalue weighted by Gasteiger charge is -2.15. The molecule has 0 N–H and O–H groups in total. The van der Waals surface area contributed by atoms with Crippen LogP contribution in [-0.4, -0.2) is 71.1 Å². The number of sulfonamides is 1. The van der Waals surface area contributed by atoms with Crippen LogP contribution in [0.1, 0.15) is 13.8 Å². The maximum Gasteiger partial charge on any atom is 0.333 e. The van der Waals surface area contributed by atoms with Crippen molar-refractivity contribution in [3.05, 3.63) is 12.2 Å². The Hall–Kier alpha value is -0.960. The lowest BCUT2D eigenvalue weighted by atomic mass is 10.4. The van der Waals surface area contributed by atoms with Gasteiger partial charge in [0.1, 0.15) is 6.61 Å². The maximum absolute atomic E-state index is 11.4. The van der Waals surface area contributed by atoms with Crippen molar-refractivity contribution in [1.29, 1.82) is 0 Å². The third-order valence-electron chi connectivity index (χ3n) is 2.57. The van der Waals surface area contributed by atoms with Gasteiger partial charge in [-0.05, 0) is 13.8 Å². The fraction of sp³-hybridized carbons (Fsp3) is 0.769. The first-order chi connectivity index (χ1) is 9.81. The van der Waals surface area contributed by atoms with Crippen LogP contribution in [0.4, 0.5) is 0 Å². The van der Waals surface area contributed by atoms with Crippen LogP contribution in [0.5, 0.6) is 0 Å². The van der Waals surface area contributed by atoms with Crippen LogP contribution in [0.3, 0.4) is 0 Å². The Labute approximate surface area is 126 Å². The van der Waals surface area contributed by atoms with Gasteiger partial charge in [-0.1, -0.05) is 6.58 Å². The molecule has 0 atom stereocenters. The molecule has 0 unspecified atom stereocenters. The van der Waals surface area contributed by atoms with E-state index < -0.39 is 16.0 Å². The SMILES string of the molecule is C=C(C)C(=O)OCCOCCOCCN(C)S(=O)(=O)CC. The highest BCUT2D eigenvalue weighted by molar-refractivity contribution is 7.89. The number of carbonyl (C=O) groups excluding carboxylic acids is 1. The van der Waals surface area contributed by atoms with Crippen LogP contribution >= 0.6 is 0 Å². The molecule has 0 aliphatic heterocycles. The van der Waals surface area contributed by atoms with Crippen LogP contribution in [0.15, 0.2) is 12.2 Å². The average molecular weight is 323 g/mol. The Morgan fingerprint density at radius 2 is 1.62 bits per heavy atom. The Morgan fingerprint density at radius 1 is 1.10 bits per heavy atom. The summed E-state index contributed by atoms with van der Waals surface area (Å²) in [7, 11) is -1.63. The normalized spacial score (nSPS) is 11.6. The van der Waals surface area contributed by atoms with Gasteiger partial charge in [0, 0.05) is 19.2 Å². The molecule has 21 heavy (non-hydrogen) atoms. The molecule has 0 aromatic carbocycles. The highest BCUT2D eigenvalue weighted by atomic mass is 32.2. The van der Waals surface area contributed by atoms with Crippen molar-refractivity contribution in [2.24, 2.45) is 0 Å². The summed E-state index contributed by atoms with van der Waals surface area (Å²) in [5.74, 6) is -0.356. The van der Waals surface area contributed by atoms with E-state index in [9.17, 15) is 13.2 Å². The summed E-state index contributed by atoms with van der Waals surface area (Å²) in [5.41, 5.74) is 0.351. The number of esters is 1. The monoisotopic (exact) mass is 323 g/mol. The number of ether oxygens (including phenoxy) is 3. The predicted molar refractivity (Wildman–Crippen MR) is 79.5 cm³/mol. The summed E-state index contributed by atoms with van der Waals surface area (Å²) in [6.45, 7) is 8.42. The second-order valence-corrected chi connectivity index (χ2v) is 6.73. The molecule has 0 aliphatic rings. The first kappa shape index (κ1) is 20.0. The third kappa shape index (κ3) is 9.57. The lowest BCUT2D eigenvalue weighted by molar-refractivity contribution is -0.140. The Bertz CT molecular complexity index is 420. The number of rotatable bonds is 12. The fourth-order valence-corrected chi connectivity index (χ4v) is 1.98. The van der Waals surface area contributed by atoms with Crippen LogP contribution in [0, 0.1) is 0 Å². The first-order valence-corrected chi connectivity index (χ1v) is 8.34. The lowest BCUT2D eigenvalue weighted by Crippen LogP contribution is -2.31. The van der Waals surface area contributed by atoms with Gasteiger partial charge in [-0.15, -0.1) is 0 Å². The molecule has 7 nitrogen and oxygen atoms in total. The van der Waals surface area contributed by atoms with Crippen LogP contribution in [0.25, 0.3) is 0 Å². The molecule has 0 amide bonds. The summed E-state index contributed by atoms with van der Waals surface area (Å²) in [5, 5.41) is 0. The Kier molecular flexibility index (Phi) is 10.2. The average Bonchev–Trinajstić information content (AvgIpc) is 2.44. The van der Waals surface area contributed by atoms with Gasteiger partial charge in [-0.25, -0.2) is 17.5 Å². The summed E-state index contributed by atoms with van der Waals surface area (Å²) < 4.78 is 39.4. The van der Waals surface area contributed by atoms with Gasteiger partial charge < -0.3 is 14.2 Å². The number of likely N-dealkylation sites (N-methyl/N-ethyl adjacent to an activating group) is 1. The van der Waals surface area contributed by atoms with Gasteiger partial charge >= 0.3 is 5.97 Å². The molecule has 0 heterocycles. The van der Waals surface area contributed by atoms with E-state index >= 15 is 0 Å². The summed E-state index contributed by atoms with van der Waals surface area (Å²) in [6, 6.07) is 0. The quantitative estimate of drug-likeness (QED) is 0.294.